The quantitative estimate of drug-likeness (QED) is 0.753. The number of aryl methyl sites for hydroxylation is 1. The van der Waals surface area contributed by atoms with Gasteiger partial charge in [-0.15, -0.1) is 0 Å². The zero-order valence-electron chi connectivity index (χ0n) is 9.59. The lowest BCUT2D eigenvalue weighted by Gasteiger charge is -2.05. The lowest BCUT2D eigenvalue weighted by molar-refractivity contribution is 0.0972. The molecule has 0 N–H and O–H groups in total. The molecule has 0 spiro atoms. The Balaban J connectivity index is 2.17. The molecule has 0 bridgehead atoms. The average molecular weight is 227 g/mol. The SMILES string of the molecule is Cc1cccc(C(=O)Cn2ccc(=O)cc2)c1. The van der Waals surface area contributed by atoms with Crippen LogP contribution >= 0.6 is 0 Å². The van der Waals surface area contributed by atoms with Crippen LogP contribution in [0.2, 0.25) is 0 Å². The summed E-state index contributed by atoms with van der Waals surface area (Å²) >= 11 is 0. The Labute approximate surface area is 99.3 Å². The highest BCUT2D eigenvalue weighted by Crippen LogP contribution is 2.06. The predicted octanol–water partition coefficient (Wildman–Crippen LogP) is 2.04. The van der Waals surface area contributed by atoms with Gasteiger partial charge in [-0.2, -0.15) is 0 Å². The summed E-state index contributed by atoms with van der Waals surface area (Å²) < 4.78 is 1.70. The van der Waals surface area contributed by atoms with Crippen molar-refractivity contribution in [2.45, 2.75) is 13.5 Å². The van der Waals surface area contributed by atoms with Crippen LogP contribution in [0.3, 0.4) is 0 Å². The number of Topliss-reactive ketones (excluding diaryl/α,β-unsaturated/α-hetero) is 1. The first-order valence-corrected chi connectivity index (χ1v) is 5.41. The molecule has 2 rings (SSSR count). The molecule has 86 valence electrons. The van der Waals surface area contributed by atoms with E-state index in [9.17, 15) is 9.59 Å². The number of benzene rings is 1. The molecular weight excluding hydrogens is 214 g/mol. The molecule has 1 aromatic heterocycles. The number of rotatable bonds is 3. The minimum atomic E-state index is -0.0516. The summed E-state index contributed by atoms with van der Waals surface area (Å²) in [6.07, 6.45) is 3.24. The zero-order valence-corrected chi connectivity index (χ0v) is 9.59. The molecule has 0 radical (unpaired) electrons. The lowest BCUT2D eigenvalue weighted by atomic mass is 10.1. The van der Waals surface area contributed by atoms with E-state index in [1.165, 1.54) is 12.1 Å². The lowest BCUT2D eigenvalue weighted by Crippen LogP contribution is -2.12. The molecule has 0 aliphatic heterocycles. The number of nitrogens with zero attached hydrogens (tertiary/aromatic N) is 1. The smallest absolute Gasteiger partial charge is 0.182 e. The van der Waals surface area contributed by atoms with E-state index < -0.39 is 0 Å². The van der Waals surface area contributed by atoms with E-state index in [1.54, 1.807) is 23.0 Å². The largest absolute Gasteiger partial charge is 0.346 e. The number of hydrogen-bond acceptors (Lipinski definition) is 2. The summed E-state index contributed by atoms with van der Waals surface area (Å²) in [5.74, 6) is 0.0392. The van der Waals surface area contributed by atoms with Crippen molar-refractivity contribution in [1.82, 2.24) is 4.57 Å². The van der Waals surface area contributed by atoms with Crippen molar-refractivity contribution in [2.75, 3.05) is 0 Å². The normalized spacial score (nSPS) is 10.2. The summed E-state index contributed by atoms with van der Waals surface area (Å²) in [7, 11) is 0. The Morgan fingerprint density at radius 3 is 2.53 bits per heavy atom. The third-order valence-corrected chi connectivity index (χ3v) is 2.53. The topological polar surface area (TPSA) is 39.1 Å². The average Bonchev–Trinajstić information content (AvgIpc) is 2.32. The van der Waals surface area contributed by atoms with E-state index in [0.29, 0.717) is 5.56 Å². The molecule has 0 saturated heterocycles. The van der Waals surface area contributed by atoms with Crippen LogP contribution < -0.4 is 5.43 Å². The van der Waals surface area contributed by atoms with Gasteiger partial charge in [-0.1, -0.05) is 23.8 Å². The van der Waals surface area contributed by atoms with Gasteiger partial charge in [0.05, 0.1) is 6.54 Å². The molecule has 3 nitrogen and oxygen atoms in total. The number of carbonyl (C=O) groups excluding carboxylic acids is 1. The molecule has 0 saturated carbocycles. The molecular formula is C14H13NO2. The standard InChI is InChI=1S/C14H13NO2/c1-11-3-2-4-12(9-11)14(17)10-15-7-5-13(16)6-8-15/h2-9H,10H2,1H3. The first kappa shape index (κ1) is 11.3. The zero-order chi connectivity index (χ0) is 12.3. The van der Waals surface area contributed by atoms with E-state index >= 15 is 0 Å². The van der Waals surface area contributed by atoms with Crippen LogP contribution in [0.25, 0.3) is 0 Å². The fraction of sp³-hybridized carbons (Fsp3) is 0.143. The van der Waals surface area contributed by atoms with Gasteiger partial charge in [0.2, 0.25) is 0 Å². The summed E-state index contributed by atoms with van der Waals surface area (Å²) in [5.41, 5.74) is 1.71. The number of hydrogen-bond donors (Lipinski definition) is 0. The maximum Gasteiger partial charge on any atom is 0.182 e. The van der Waals surface area contributed by atoms with Crippen molar-refractivity contribution in [3.05, 3.63) is 70.1 Å². The minimum Gasteiger partial charge on any atom is -0.346 e. The highest BCUT2D eigenvalue weighted by Gasteiger charge is 2.05. The summed E-state index contributed by atoms with van der Waals surface area (Å²) in [4.78, 5) is 22.9. The van der Waals surface area contributed by atoms with Crippen LogP contribution in [-0.2, 0) is 6.54 Å². The van der Waals surface area contributed by atoms with Crippen LogP contribution in [0, 0.1) is 6.92 Å². The molecule has 0 unspecified atom stereocenters. The van der Waals surface area contributed by atoms with Gasteiger partial charge in [0.1, 0.15) is 0 Å². The fourth-order valence-corrected chi connectivity index (χ4v) is 1.62. The second-order valence-electron chi connectivity index (χ2n) is 4.00. The van der Waals surface area contributed by atoms with Gasteiger partial charge in [0.25, 0.3) is 0 Å². The molecule has 0 atom stereocenters. The summed E-state index contributed by atoms with van der Waals surface area (Å²) in [6, 6.07) is 10.4. The number of pyridine rings is 1. The van der Waals surface area contributed by atoms with Crippen LogP contribution in [0.1, 0.15) is 15.9 Å². The Hall–Kier alpha value is -2.16. The van der Waals surface area contributed by atoms with E-state index in [0.717, 1.165) is 5.56 Å². The Morgan fingerprint density at radius 1 is 1.18 bits per heavy atom. The van der Waals surface area contributed by atoms with Crippen molar-refractivity contribution in [3.63, 3.8) is 0 Å². The van der Waals surface area contributed by atoms with Gasteiger partial charge in [0.15, 0.2) is 11.2 Å². The molecule has 0 amide bonds. The van der Waals surface area contributed by atoms with Crippen molar-refractivity contribution in [3.8, 4) is 0 Å². The third-order valence-electron chi connectivity index (χ3n) is 2.53. The summed E-state index contributed by atoms with van der Waals surface area (Å²) in [6.45, 7) is 2.21. The molecule has 0 fully saturated rings. The van der Waals surface area contributed by atoms with Gasteiger partial charge in [-0.3, -0.25) is 9.59 Å². The van der Waals surface area contributed by atoms with Gasteiger partial charge < -0.3 is 4.57 Å². The molecule has 2 aromatic rings. The van der Waals surface area contributed by atoms with Gasteiger partial charge >= 0.3 is 0 Å². The van der Waals surface area contributed by atoms with E-state index in [2.05, 4.69) is 0 Å². The van der Waals surface area contributed by atoms with Crippen LogP contribution in [0.15, 0.2) is 53.6 Å². The van der Waals surface area contributed by atoms with Crippen molar-refractivity contribution in [1.29, 1.82) is 0 Å². The number of ketones is 1. The van der Waals surface area contributed by atoms with Gasteiger partial charge in [0, 0.05) is 30.1 Å². The second-order valence-corrected chi connectivity index (χ2v) is 4.00. The highest BCUT2D eigenvalue weighted by molar-refractivity contribution is 5.96. The number of carbonyl (C=O) groups is 1. The van der Waals surface area contributed by atoms with Crippen molar-refractivity contribution >= 4 is 5.78 Å². The minimum absolute atomic E-state index is 0.0392. The first-order valence-electron chi connectivity index (χ1n) is 5.41. The Bertz CT molecular complexity index is 579. The van der Waals surface area contributed by atoms with Gasteiger partial charge in [-0.25, -0.2) is 0 Å². The summed E-state index contributed by atoms with van der Waals surface area (Å²) in [5, 5.41) is 0. The van der Waals surface area contributed by atoms with Crippen LogP contribution in [-0.4, -0.2) is 10.4 Å². The molecule has 0 aliphatic rings. The molecule has 1 aromatic carbocycles. The molecule has 0 aliphatic carbocycles. The van der Waals surface area contributed by atoms with E-state index in [1.807, 2.05) is 25.1 Å². The maximum atomic E-state index is 12.0. The Kier molecular flexibility index (Phi) is 3.19. The second kappa shape index (κ2) is 4.78. The number of aromatic nitrogens is 1. The predicted molar refractivity (Wildman–Crippen MR) is 66.2 cm³/mol. The molecule has 17 heavy (non-hydrogen) atoms. The van der Waals surface area contributed by atoms with E-state index in [-0.39, 0.29) is 17.8 Å². The first-order chi connectivity index (χ1) is 8.15. The van der Waals surface area contributed by atoms with Gasteiger partial charge in [-0.05, 0) is 13.0 Å². The molecule has 3 heteroatoms. The Morgan fingerprint density at radius 2 is 1.88 bits per heavy atom. The highest BCUT2D eigenvalue weighted by atomic mass is 16.1. The third kappa shape index (κ3) is 2.91. The van der Waals surface area contributed by atoms with Crippen molar-refractivity contribution in [2.24, 2.45) is 0 Å². The van der Waals surface area contributed by atoms with Crippen molar-refractivity contribution < 1.29 is 4.79 Å². The van der Waals surface area contributed by atoms with Crippen LogP contribution in [0.4, 0.5) is 0 Å². The monoisotopic (exact) mass is 227 g/mol. The fourth-order valence-electron chi connectivity index (χ4n) is 1.62. The maximum absolute atomic E-state index is 12.0. The van der Waals surface area contributed by atoms with E-state index in [4.69, 9.17) is 0 Å². The van der Waals surface area contributed by atoms with Crippen LogP contribution in [0.5, 0.6) is 0 Å². The molecule has 1 heterocycles.